The van der Waals surface area contributed by atoms with Crippen LogP contribution in [0.15, 0.2) is 30.5 Å². The molecule has 0 spiro atoms. The number of nitrogens with two attached hydrogens (primary N) is 1. The summed E-state index contributed by atoms with van der Waals surface area (Å²) in [6, 6.07) is 5.88. The molecule has 1 aromatic carbocycles. The molecule has 0 saturated heterocycles. The van der Waals surface area contributed by atoms with E-state index in [2.05, 4.69) is 15.2 Å². The van der Waals surface area contributed by atoms with Crippen molar-refractivity contribution in [3.8, 4) is 5.75 Å². The minimum Gasteiger partial charge on any atom is -0.433 e. The van der Waals surface area contributed by atoms with Crippen molar-refractivity contribution in [2.75, 3.05) is 11.1 Å². The smallest absolute Gasteiger partial charge is 0.387 e. The molecule has 2 aromatic rings. The molecular formula is C12H12F2N4O2. The van der Waals surface area contributed by atoms with Crippen LogP contribution >= 0.6 is 0 Å². The molecule has 8 heteroatoms. The monoisotopic (exact) mass is 282 g/mol. The number of aromatic nitrogens is 2. The van der Waals surface area contributed by atoms with Crippen molar-refractivity contribution in [1.82, 2.24) is 9.78 Å². The van der Waals surface area contributed by atoms with E-state index in [9.17, 15) is 13.6 Å². The molecule has 0 saturated carbocycles. The maximum Gasteiger partial charge on any atom is 0.387 e. The predicted molar refractivity (Wildman–Crippen MR) is 68.6 cm³/mol. The van der Waals surface area contributed by atoms with Gasteiger partial charge >= 0.3 is 6.61 Å². The first-order chi connectivity index (χ1) is 9.49. The number of hydrogen-bond donors (Lipinski definition) is 2. The van der Waals surface area contributed by atoms with Crippen LogP contribution < -0.4 is 15.8 Å². The second-order valence-corrected chi connectivity index (χ2v) is 3.90. The third-order valence-electron chi connectivity index (χ3n) is 2.58. The first-order valence-electron chi connectivity index (χ1n) is 5.61. The molecule has 0 radical (unpaired) electrons. The van der Waals surface area contributed by atoms with E-state index in [1.165, 1.54) is 29.1 Å². The van der Waals surface area contributed by atoms with Gasteiger partial charge in [0.05, 0.1) is 11.9 Å². The van der Waals surface area contributed by atoms with Crippen molar-refractivity contribution in [3.05, 3.63) is 36.0 Å². The number of ether oxygens (including phenoxy) is 1. The van der Waals surface area contributed by atoms with E-state index >= 15 is 0 Å². The summed E-state index contributed by atoms with van der Waals surface area (Å²) in [5.74, 6) is -0.506. The largest absolute Gasteiger partial charge is 0.433 e. The van der Waals surface area contributed by atoms with Crippen LogP contribution in [0, 0.1) is 0 Å². The minimum atomic E-state index is -2.98. The van der Waals surface area contributed by atoms with Crippen LogP contribution in [0.1, 0.15) is 10.4 Å². The number of anilines is 2. The lowest BCUT2D eigenvalue weighted by Crippen LogP contribution is -2.15. The van der Waals surface area contributed by atoms with Crippen molar-refractivity contribution in [3.63, 3.8) is 0 Å². The van der Waals surface area contributed by atoms with E-state index < -0.39 is 12.5 Å². The molecule has 1 heterocycles. The van der Waals surface area contributed by atoms with Crippen LogP contribution in [0.5, 0.6) is 5.75 Å². The Kier molecular flexibility index (Phi) is 3.83. The van der Waals surface area contributed by atoms with Gasteiger partial charge in [0.1, 0.15) is 17.1 Å². The summed E-state index contributed by atoms with van der Waals surface area (Å²) in [7, 11) is 1.58. The summed E-state index contributed by atoms with van der Waals surface area (Å²) in [4.78, 5) is 12.0. The number of carbonyl (C=O) groups excluding carboxylic acids is 1. The Bertz CT molecular complexity index is 628. The first-order valence-corrected chi connectivity index (χ1v) is 5.61. The van der Waals surface area contributed by atoms with Gasteiger partial charge in [-0.05, 0) is 12.1 Å². The van der Waals surface area contributed by atoms with E-state index in [0.717, 1.165) is 0 Å². The number of aryl methyl sites for hydroxylation is 1. The van der Waals surface area contributed by atoms with Gasteiger partial charge in [-0.25, -0.2) is 0 Å². The third kappa shape index (κ3) is 2.85. The summed E-state index contributed by atoms with van der Waals surface area (Å²) in [5, 5.41) is 6.28. The fourth-order valence-corrected chi connectivity index (χ4v) is 1.58. The molecule has 0 aliphatic heterocycles. The zero-order valence-electron chi connectivity index (χ0n) is 10.5. The summed E-state index contributed by atoms with van der Waals surface area (Å²) in [6.45, 7) is -2.98. The molecule has 0 aliphatic carbocycles. The van der Waals surface area contributed by atoms with Crippen molar-refractivity contribution in [2.24, 2.45) is 7.05 Å². The molecule has 1 amide bonds. The van der Waals surface area contributed by atoms with Gasteiger partial charge in [-0.1, -0.05) is 12.1 Å². The normalized spacial score (nSPS) is 10.6. The van der Waals surface area contributed by atoms with Crippen molar-refractivity contribution in [1.29, 1.82) is 0 Å². The van der Waals surface area contributed by atoms with Crippen LogP contribution in [0.2, 0.25) is 0 Å². The number of alkyl halides is 2. The summed E-state index contributed by atoms with van der Waals surface area (Å²) in [5.41, 5.74) is 5.94. The minimum absolute atomic E-state index is 0.126. The van der Waals surface area contributed by atoms with Crippen LogP contribution in [0.25, 0.3) is 0 Å². The molecule has 0 atom stereocenters. The van der Waals surface area contributed by atoms with Gasteiger partial charge in [0.15, 0.2) is 0 Å². The van der Waals surface area contributed by atoms with Crippen molar-refractivity contribution in [2.45, 2.75) is 6.61 Å². The molecule has 6 nitrogen and oxygen atoms in total. The highest BCUT2D eigenvalue weighted by molar-refractivity contribution is 6.07. The second kappa shape index (κ2) is 5.55. The van der Waals surface area contributed by atoms with E-state index in [1.54, 1.807) is 13.1 Å². The number of halogens is 2. The molecule has 0 fully saturated rings. The number of rotatable bonds is 4. The first kappa shape index (κ1) is 13.8. The predicted octanol–water partition coefficient (Wildman–Crippen LogP) is 1.86. The zero-order valence-corrected chi connectivity index (χ0v) is 10.5. The Labute approximate surface area is 113 Å². The molecule has 20 heavy (non-hydrogen) atoms. The van der Waals surface area contributed by atoms with E-state index in [4.69, 9.17) is 5.73 Å². The number of para-hydroxylation sites is 2. The third-order valence-corrected chi connectivity index (χ3v) is 2.58. The summed E-state index contributed by atoms with van der Waals surface area (Å²) < 4.78 is 30.2. The lowest BCUT2D eigenvalue weighted by Gasteiger charge is -2.11. The molecule has 3 N–H and O–H groups in total. The van der Waals surface area contributed by atoms with Crippen LogP contribution in [0.4, 0.5) is 20.3 Å². The van der Waals surface area contributed by atoms with Gasteiger partial charge < -0.3 is 15.8 Å². The number of amides is 1. The van der Waals surface area contributed by atoms with Gasteiger partial charge in [0.25, 0.3) is 5.91 Å². The highest BCUT2D eigenvalue weighted by Gasteiger charge is 2.16. The number of nitrogens with zero attached hydrogens (tertiary/aromatic N) is 2. The van der Waals surface area contributed by atoms with Gasteiger partial charge in [-0.3, -0.25) is 9.48 Å². The van der Waals surface area contributed by atoms with Gasteiger partial charge in [0.2, 0.25) is 0 Å². The number of benzene rings is 1. The van der Waals surface area contributed by atoms with Gasteiger partial charge in [0, 0.05) is 7.05 Å². The standard InChI is InChI=1S/C12H12F2N4O2/c1-18-10(15)7(6-16-18)11(19)17-8-4-2-3-5-9(8)20-12(13)14/h2-6,12H,15H2,1H3,(H,17,19). The van der Waals surface area contributed by atoms with Crippen LogP contribution in [-0.2, 0) is 7.05 Å². The average molecular weight is 282 g/mol. The molecule has 2 rings (SSSR count). The molecule has 0 bridgehead atoms. The Morgan fingerprint density at radius 3 is 2.75 bits per heavy atom. The number of hydrogen-bond acceptors (Lipinski definition) is 4. The van der Waals surface area contributed by atoms with Crippen LogP contribution in [0.3, 0.4) is 0 Å². The van der Waals surface area contributed by atoms with Gasteiger partial charge in [-0.15, -0.1) is 0 Å². The Morgan fingerprint density at radius 1 is 1.45 bits per heavy atom. The summed E-state index contributed by atoms with van der Waals surface area (Å²) >= 11 is 0. The Hall–Kier alpha value is -2.64. The second-order valence-electron chi connectivity index (χ2n) is 3.90. The topological polar surface area (TPSA) is 82.2 Å². The maximum atomic E-state index is 12.3. The number of nitrogens with one attached hydrogen (secondary N) is 1. The molecule has 1 aromatic heterocycles. The van der Waals surface area contributed by atoms with Crippen LogP contribution in [-0.4, -0.2) is 22.3 Å². The lowest BCUT2D eigenvalue weighted by atomic mass is 10.2. The average Bonchev–Trinajstić information content (AvgIpc) is 2.72. The van der Waals surface area contributed by atoms with E-state index in [-0.39, 0.29) is 22.8 Å². The number of carbonyl (C=O) groups is 1. The van der Waals surface area contributed by atoms with E-state index in [0.29, 0.717) is 0 Å². The highest BCUT2D eigenvalue weighted by Crippen LogP contribution is 2.26. The van der Waals surface area contributed by atoms with Crippen molar-refractivity contribution >= 4 is 17.4 Å². The van der Waals surface area contributed by atoms with E-state index in [1.807, 2.05) is 0 Å². The quantitative estimate of drug-likeness (QED) is 0.896. The number of nitrogen functional groups attached to an aromatic ring is 1. The summed E-state index contributed by atoms with van der Waals surface area (Å²) in [6.07, 6.45) is 1.29. The molecule has 106 valence electrons. The van der Waals surface area contributed by atoms with Gasteiger partial charge in [-0.2, -0.15) is 13.9 Å². The molecule has 0 aliphatic rings. The maximum absolute atomic E-state index is 12.3. The zero-order chi connectivity index (χ0) is 14.7. The highest BCUT2D eigenvalue weighted by atomic mass is 19.3. The fraction of sp³-hybridized carbons (Fsp3) is 0.167. The SMILES string of the molecule is Cn1ncc(C(=O)Nc2ccccc2OC(F)F)c1N. The van der Waals surface area contributed by atoms with Crippen molar-refractivity contribution < 1.29 is 18.3 Å². The molecule has 0 unspecified atom stereocenters. The lowest BCUT2D eigenvalue weighted by molar-refractivity contribution is -0.0493. The fourth-order valence-electron chi connectivity index (χ4n) is 1.58. The molecular weight excluding hydrogens is 270 g/mol. The Morgan fingerprint density at radius 2 is 2.15 bits per heavy atom. The Balaban J connectivity index is 2.22.